The largest absolute Gasteiger partial charge is 0.456 e. The second-order valence-corrected chi connectivity index (χ2v) is 11.7. The third-order valence-electron chi connectivity index (χ3n) is 9.22. The van der Waals surface area contributed by atoms with Crippen LogP contribution in [0, 0.1) is 0 Å². The van der Waals surface area contributed by atoms with Gasteiger partial charge < -0.3 is 13.4 Å². The van der Waals surface area contributed by atoms with Crippen molar-refractivity contribution in [3.8, 4) is 27.9 Å². The van der Waals surface area contributed by atoms with E-state index in [4.69, 9.17) is 8.83 Å². The molecule has 0 fully saturated rings. The monoisotopic (exact) mass is 575 g/mol. The molecular formula is C42H25NO2. The zero-order valence-corrected chi connectivity index (χ0v) is 24.2. The molecule has 0 radical (unpaired) electrons. The topological polar surface area (TPSA) is 31.2 Å². The highest BCUT2D eigenvalue weighted by atomic mass is 16.3. The summed E-state index contributed by atoms with van der Waals surface area (Å²) < 4.78 is 15.2. The highest BCUT2D eigenvalue weighted by molar-refractivity contribution is 6.23. The highest BCUT2D eigenvalue weighted by Gasteiger charge is 2.18. The van der Waals surface area contributed by atoms with Gasteiger partial charge in [0.15, 0.2) is 0 Å². The molecule has 0 aliphatic carbocycles. The van der Waals surface area contributed by atoms with Gasteiger partial charge in [0.1, 0.15) is 22.3 Å². The molecule has 3 aromatic heterocycles. The first-order chi connectivity index (χ1) is 22.3. The molecule has 45 heavy (non-hydrogen) atoms. The number of hydrogen-bond acceptors (Lipinski definition) is 2. The van der Waals surface area contributed by atoms with Crippen molar-refractivity contribution in [1.82, 2.24) is 4.57 Å². The van der Waals surface area contributed by atoms with Crippen molar-refractivity contribution in [2.75, 3.05) is 0 Å². The number of aromatic nitrogens is 1. The number of benzene rings is 7. The fraction of sp³-hybridized carbons (Fsp3) is 0. The van der Waals surface area contributed by atoms with Crippen LogP contribution in [-0.2, 0) is 0 Å². The molecule has 0 saturated carbocycles. The van der Waals surface area contributed by atoms with Crippen LogP contribution in [0.3, 0.4) is 0 Å². The van der Waals surface area contributed by atoms with Crippen LogP contribution in [0.1, 0.15) is 0 Å². The van der Waals surface area contributed by atoms with E-state index >= 15 is 0 Å². The summed E-state index contributed by atoms with van der Waals surface area (Å²) in [6.07, 6.45) is 0. The quantitative estimate of drug-likeness (QED) is 0.210. The van der Waals surface area contributed by atoms with Gasteiger partial charge in [0.05, 0.1) is 16.4 Å². The Hall–Kier alpha value is -6.06. The van der Waals surface area contributed by atoms with Gasteiger partial charge in [-0.25, -0.2) is 0 Å². The molecule has 0 aliphatic rings. The molecule has 7 aromatic carbocycles. The first kappa shape index (κ1) is 24.4. The summed E-state index contributed by atoms with van der Waals surface area (Å²) in [4.78, 5) is 0. The second kappa shape index (κ2) is 9.22. The van der Waals surface area contributed by atoms with Gasteiger partial charge in [-0.3, -0.25) is 0 Å². The van der Waals surface area contributed by atoms with Crippen LogP contribution in [0.5, 0.6) is 0 Å². The predicted molar refractivity (Wildman–Crippen MR) is 186 cm³/mol. The molecule has 3 heterocycles. The molecule has 0 spiro atoms. The van der Waals surface area contributed by atoms with E-state index in [2.05, 4.69) is 138 Å². The molecule has 0 aliphatic heterocycles. The molecule has 0 amide bonds. The zero-order valence-electron chi connectivity index (χ0n) is 24.2. The summed E-state index contributed by atoms with van der Waals surface area (Å²) in [5.74, 6) is 0. The summed E-state index contributed by atoms with van der Waals surface area (Å²) >= 11 is 0. The summed E-state index contributed by atoms with van der Waals surface area (Å²) in [5.41, 5.74) is 11.7. The maximum atomic E-state index is 6.70. The summed E-state index contributed by atoms with van der Waals surface area (Å²) in [7, 11) is 0. The molecule has 0 N–H and O–H groups in total. The van der Waals surface area contributed by atoms with Gasteiger partial charge in [-0.05, 0) is 65.2 Å². The van der Waals surface area contributed by atoms with E-state index in [9.17, 15) is 0 Å². The molecule has 0 atom stereocenters. The lowest BCUT2D eigenvalue weighted by Crippen LogP contribution is -1.92. The Morgan fingerprint density at radius 1 is 0.378 bits per heavy atom. The van der Waals surface area contributed by atoms with Crippen molar-refractivity contribution in [1.29, 1.82) is 0 Å². The van der Waals surface area contributed by atoms with Gasteiger partial charge in [0.25, 0.3) is 0 Å². The SMILES string of the molecule is c1ccc(-n2c3ccccc3c3cc(-c4ccc(-c5cccc6c5oc5c6ccc6oc7ccccc7c65)cc4)ccc32)cc1. The lowest BCUT2D eigenvalue weighted by molar-refractivity contribution is 0.663. The van der Waals surface area contributed by atoms with Crippen LogP contribution < -0.4 is 0 Å². The normalized spacial score (nSPS) is 12.0. The lowest BCUT2D eigenvalue weighted by Gasteiger charge is -2.09. The maximum absolute atomic E-state index is 6.70. The van der Waals surface area contributed by atoms with Crippen molar-refractivity contribution < 1.29 is 8.83 Å². The first-order valence-electron chi connectivity index (χ1n) is 15.3. The molecule has 0 saturated heterocycles. The zero-order chi connectivity index (χ0) is 29.5. The molecule has 10 aromatic rings. The third kappa shape index (κ3) is 3.52. The van der Waals surface area contributed by atoms with Gasteiger partial charge in [0.2, 0.25) is 0 Å². The minimum absolute atomic E-state index is 0.845. The van der Waals surface area contributed by atoms with Crippen molar-refractivity contribution in [3.05, 3.63) is 152 Å². The van der Waals surface area contributed by atoms with E-state index in [-0.39, 0.29) is 0 Å². The van der Waals surface area contributed by atoms with E-state index in [1.807, 2.05) is 18.2 Å². The minimum atomic E-state index is 0.845. The van der Waals surface area contributed by atoms with Gasteiger partial charge in [-0.15, -0.1) is 0 Å². The highest BCUT2D eigenvalue weighted by Crippen LogP contribution is 2.42. The summed E-state index contributed by atoms with van der Waals surface area (Å²) in [6, 6.07) is 53.7. The van der Waals surface area contributed by atoms with Crippen molar-refractivity contribution in [2.45, 2.75) is 0 Å². The molecular weight excluding hydrogens is 550 g/mol. The van der Waals surface area contributed by atoms with Crippen LogP contribution in [-0.4, -0.2) is 4.57 Å². The van der Waals surface area contributed by atoms with Crippen LogP contribution in [0.4, 0.5) is 0 Å². The minimum Gasteiger partial charge on any atom is -0.456 e. The van der Waals surface area contributed by atoms with Gasteiger partial charge >= 0.3 is 0 Å². The van der Waals surface area contributed by atoms with Crippen molar-refractivity contribution >= 4 is 65.7 Å². The van der Waals surface area contributed by atoms with Gasteiger partial charge in [-0.2, -0.15) is 0 Å². The Kier molecular flexibility index (Phi) is 5.00. The number of furan rings is 2. The van der Waals surface area contributed by atoms with Crippen LogP contribution in [0.15, 0.2) is 160 Å². The number of hydrogen-bond donors (Lipinski definition) is 0. The predicted octanol–water partition coefficient (Wildman–Crippen LogP) is 11.9. The Morgan fingerprint density at radius 3 is 1.96 bits per heavy atom. The first-order valence-corrected chi connectivity index (χ1v) is 15.3. The van der Waals surface area contributed by atoms with Crippen molar-refractivity contribution in [2.24, 2.45) is 0 Å². The third-order valence-corrected chi connectivity index (χ3v) is 9.22. The fourth-order valence-electron chi connectivity index (χ4n) is 7.14. The van der Waals surface area contributed by atoms with E-state index in [1.54, 1.807) is 0 Å². The molecule has 3 nitrogen and oxygen atoms in total. The van der Waals surface area contributed by atoms with Gasteiger partial charge in [-0.1, -0.05) is 103 Å². The molecule has 0 bridgehead atoms. The van der Waals surface area contributed by atoms with Crippen molar-refractivity contribution in [3.63, 3.8) is 0 Å². The number of para-hydroxylation sites is 4. The second-order valence-electron chi connectivity index (χ2n) is 11.7. The number of nitrogens with zero attached hydrogens (tertiary/aromatic N) is 1. The average molecular weight is 576 g/mol. The molecule has 10 rings (SSSR count). The van der Waals surface area contributed by atoms with E-state index in [0.29, 0.717) is 0 Å². The maximum Gasteiger partial charge on any atom is 0.147 e. The van der Waals surface area contributed by atoms with Crippen LogP contribution in [0.2, 0.25) is 0 Å². The molecule has 210 valence electrons. The molecule has 0 unspecified atom stereocenters. The Balaban J connectivity index is 1.10. The number of rotatable bonds is 3. The summed E-state index contributed by atoms with van der Waals surface area (Å²) in [6.45, 7) is 0. The van der Waals surface area contributed by atoms with E-state index < -0.39 is 0 Å². The molecule has 3 heteroatoms. The van der Waals surface area contributed by atoms with Crippen LogP contribution in [0.25, 0.3) is 93.6 Å². The van der Waals surface area contributed by atoms with Gasteiger partial charge in [0, 0.05) is 38.2 Å². The number of fused-ring (bicyclic) bond motifs is 10. The van der Waals surface area contributed by atoms with E-state index in [1.165, 1.54) is 38.6 Å². The Morgan fingerprint density at radius 2 is 1.07 bits per heavy atom. The Labute approximate surface area is 258 Å². The Bertz CT molecular complexity index is 2740. The standard InChI is InChI=1S/C42H25NO2/c1-2-9-29(10-3-1)43-36-15-6-4-11-31(36)35-25-28(21-23-37(35)43)26-17-19-27(20-18-26)30-13-8-14-32-33-22-24-39-40(42(33)45-41(30)32)34-12-5-7-16-38(34)44-39/h1-25H. The smallest absolute Gasteiger partial charge is 0.147 e. The van der Waals surface area contributed by atoms with Crippen LogP contribution >= 0.6 is 0 Å². The van der Waals surface area contributed by atoms with E-state index in [0.717, 1.165) is 55.0 Å². The lowest BCUT2D eigenvalue weighted by atomic mass is 9.98. The summed E-state index contributed by atoms with van der Waals surface area (Å²) in [5, 5.41) is 6.83. The fourth-order valence-corrected chi connectivity index (χ4v) is 7.14. The average Bonchev–Trinajstić information content (AvgIpc) is 3.78.